The van der Waals surface area contributed by atoms with Gasteiger partial charge in [0.2, 0.25) is 11.8 Å². The minimum Gasteiger partial charge on any atom is -0.454 e. The highest BCUT2D eigenvalue weighted by molar-refractivity contribution is 7.98. The highest BCUT2D eigenvalue weighted by Crippen LogP contribution is 2.37. The van der Waals surface area contributed by atoms with E-state index in [0.717, 1.165) is 22.6 Å². The lowest BCUT2D eigenvalue weighted by molar-refractivity contribution is -0.154. The van der Waals surface area contributed by atoms with Crippen molar-refractivity contribution in [2.45, 2.75) is 30.6 Å². The molecule has 2 atom stereocenters. The number of benzene rings is 1. The molecule has 27 heavy (non-hydrogen) atoms. The summed E-state index contributed by atoms with van der Waals surface area (Å²) in [5, 5.41) is 2.65. The molecule has 1 aromatic carbocycles. The standard InChI is InChI=1S/C19H22N2O5S/c1-27-13-6-4-5-12(9-13)20-16(22)11-26-17(23)10-21-18(24)14-7-2-3-8-15(14)19(21)25/h4-6,9,14-15H,2-3,7-8,10-11H2,1H3,(H,20,22). The maximum atomic E-state index is 12.3. The fraction of sp³-hybridized carbons (Fsp3) is 0.474. The first-order valence-corrected chi connectivity index (χ1v) is 10.2. The predicted octanol–water partition coefficient (Wildman–Crippen LogP) is 2.07. The lowest BCUT2D eigenvalue weighted by atomic mass is 9.81. The van der Waals surface area contributed by atoms with Gasteiger partial charge in [0.25, 0.3) is 5.91 Å². The van der Waals surface area contributed by atoms with Crippen molar-refractivity contribution in [3.05, 3.63) is 24.3 Å². The Bertz CT molecular complexity index is 742. The molecular formula is C19H22N2O5S. The van der Waals surface area contributed by atoms with E-state index < -0.39 is 25.0 Å². The van der Waals surface area contributed by atoms with Gasteiger partial charge in [0, 0.05) is 10.6 Å². The van der Waals surface area contributed by atoms with Crippen LogP contribution in [0.1, 0.15) is 25.7 Å². The summed E-state index contributed by atoms with van der Waals surface area (Å²) in [6.45, 7) is -0.898. The van der Waals surface area contributed by atoms with Gasteiger partial charge in [-0.3, -0.25) is 24.1 Å². The van der Waals surface area contributed by atoms with Crippen LogP contribution in [0.2, 0.25) is 0 Å². The second kappa shape index (κ2) is 8.56. The number of fused-ring (bicyclic) bond motifs is 1. The first-order valence-electron chi connectivity index (χ1n) is 8.94. The SMILES string of the molecule is CSc1cccc(NC(=O)COC(=O)CN2C(=O)C3CCCCC3C2=O)c1. The lowest BCUT2D eigenvalue weighted by Crippen LogP contribution is -2.37. The summed E-state index contributed by atoms with van der Waals surface area (Å²) >= 11 is 1.55. The zero-order chi connectivity index (χ0) is 19.4. The molecule has 1 saturated heterocycles. The smallest absolute Gasteiger partial charge is 0.326 e. The van der Waals surface area contributed by atoms with Crippen LogP contribution < -0.4 is 5.32 Å². The van der Waals surface area contributed by atoms with E-state index >= 15 is 0 Å². The average molecular weight is 390 g/mol. The Morgan fingerprint density at radius 1 is 1.19 bits per heavy atom. The Morgan fingerprint density at radius 3 is 2.48 bits per heavy atom. The molecule has 144 valence electrons. The molecule has 1 saturated carbocycles. The number of likely N-dealkylation sites (tertiary alicyclic amines) is 1. The number of rotatable bonds is 6. The third-order valence-electron chi connectivity index (χ3n) is 4.94. The fourth-order valence-corrected chi connectivity index (χ4v) is 4.06. The fourth-order valence-electron chi connectivity index (χ4n) is 3.61. The number of nitrogens with zero attached hydrogens (tertiary/aromatic N) is 1. The van der Waals surface area contributed by atoms with Crippen LogP contribution in [0.25, 0.3) is 0 Å². The maximum Gasteiger partial charge on any atom is 0.326 e. The number of thioether (sulfide) groups is 1. The van der Waals surface area contributed by atoms with E-state index in [4.69, 9.17) is 4.74 Å². The van der Waals surface area contributed by atoms with Crippen LogP contribution in [-0.4, -0.2) is 48.0 Å². The van der Waals surface area contributed by atoms with Crippen molar-refractivity contribution in [1.29, 1.82) is 0 Å². The van der Waals surface area contributed by atoms with Gasteiger partial charge < -0.3 is 10.1 Å². The normalized spacial score (nSPS) is 21.7. The molecule has 0 spiro atoms. The molecule has 2 unspecified atom stereocenters. The second-order valence-corrected chi connectivity index (χ2v) is 7.58. The van der Waals surface area contributed by atoms with Gasteiger partial charge in [-0.1, -0.05) is 18.9 Å². The molecule has 0 bridgehead atoms. The van der Waals surface area contributed by atoms with E-state index in [0.29, 0.717) is 18.5 Å². The molecular weight excluding hydrogens is 368 g/mol. The highest BCUT2D eigenvalue weighted by Gasteiger charge is 2.48. The number of esters is 1. The first-order chi connectivity index (χ1) is 13.0. The average Bonchev–Trinajstić information content (AvgIpc) is 2.92. The molecule has 2 aliphatic rings. The molecule has 0 radical (unpaired) electrons. The van der Waals surface area contributed by atoms with Crippen molar-refractivity contribution in [3.63, 3.8) is 0 Å². The van der Waals surface area contributed by atoms with Crippen LogP contribution in [0.3, 0.4) is 0 Å². The molecule has 0 aromatic heterocycles. The summed E-state index contributed by atoms with van der Waals surface area (Å²) < 4.78 is 4.94. The molecule has 1 N–H and O–H groups in total. The molecule has 1 aliphatic carbocycles. The Balaban J connectivity index is 1.48. The number of ether oxygens (including phenoxy) is 1. The van der Waals surface area contributed by atoms with Crippen LogP contribution >= 0.6 is 11.8 Å². The summed E-state index contributed by atoms with van der Waals surface area (Å²) in [4.78, 5) is 50.6. The Kier molecular flexibility index (Phi) is 6.15. The zero-order valence-electron chi connectivity index (χ0n) is 15.1. The Morgan fingerprint density at radius 2 is 1.85 bits per heavy atom. The van der Waals surface area contributed by atoms with Crippen molar-refractivity contribution < 1.29 is 23.9 Å². The van der Waals surface area contributed by atoms with E-state index in [1.54, 1.807) is 17.8 Å². The van der Waals surface area contributed by atoms with E-state index in [1.807, 2.05) is 24.5 Å². The summed E-state index contributed by atoms with van der Waals surface area (Å²) in [5.41, 5.74) is 0.608. The van der Waals surface area contributed by atoms with Crippen LogP contribution in [0.5, 0.6) is 0 Å². The van der Waals surface area contributed by atoms with Crippen molar-refractivity contribution in [2.75, 3.05) is 24.7 Å². The lowest BCUT2D eigenvalue weighted by Gasteiger charge is -2.19. The first kappa shape index (κ1) is 19.4. The van der Waals surface area contributed by atoms with Gasteiger partial charge in [0.05, 0.1) is 11.8 Å². The number of carbonyl (C=O) groups is 4. The van der Waals surface area contributed by atoms with Crippen molar-refractivity contribution in [2.24, 2.45) is 11.8 Å². The molecule has 3 rings (SSSR count). The van der Waals surface area contributed by atoms with Crippen LogP contribution in [0.15, 0.2) is 29.2 Å². The number of imide groups is 1. The van der Waals surface area contributed by atoms with E-state index in [-0.39, 0.29) is 23.7 Å². The van der Waals surface area contributed by atoms with E-state index in [9.17, 15) is 19.2 Å². The maximum absolute atomic E-state index is 12.3. The minimum absolute atomic E-state index is 0.292. The third kappa shape index (κ3) is 4.50. The Hall–Kier alpha value is -2.35. The highest BCUT2D eigenvalue weighted by atomic mass is 32.2. The molecule has 3 amide bonds. The number of hydrogen-bond acceptors (Lipinski definition) is 6. The number of carbonyl (C=O) groups excluding carboxylic acids is 4. The minimum atomic E-state index is -0.761. The largest absolute Gasteiger partial charge is 0.454 e. The summed E-state index contributed by atoms with van der Waals surface area (Å²) in [6, 6.07) is 7.29. The van der Waals surface area contributed by atoms with Gasteiger partial charge in [-0.25, -0.2) is 0 Å². The van der Waals surface area contributed by atoms with Gasteiger partial charge >= 0.3 is 5.97 Å². The zero-order valence-corrected chi connectivity index (χ0v) is 15.9. The molecule has 8 heteroatoms. The predicted molar refractivity (Wildman–Crippen MR) is 100.0 cm³/mol. The number of nitrogens with one attached hydrogen (secondary N) is 1. The monoisotopic (exact) mass is 390 g/mol. The quantitative estimate of drug-likeness (QED) is 0.454. The molecule has 7 nitrogen and oxygen atoms in total. The number of amides is 3. The number of hydrogen-bond donors (Lipinski definition) is 1. The van der Waals surface area contributed by atoms with Gasteiger partial charge in [-0.2, -0.15) is 0 Å². The molecule has 1 aliphatic heterocycles. The second-order valence-electron chi connectivity index (χ2n) is 6.70. The van der Waals surface area contributed by atoms with Crippen LogP contribution in [-0.2, 0) is 23.9 Å². The van der Waals surface area contributed by atoms with Gasteiger partial charge in [0.15, 0.2) is 6.61 Å². The summed E-state index contributed by atoms with van der Waals surface area (Å²) in [7, 11) is 0. The third-order valence-corrected chi connectivity index (χ3v) is 5.66. The topological polar surface area (TPSA) is 92.8 Å². The van der Waals surface area contributed by atoms with Gasteiger partial charge in [0.1, 0.15) is 6.54 Å². The van der Waals surface area contributed by atoms with Crippen molar-refractivity contribution in [1.82, 2.24) is 4.90 Å². The molecule has 2 fully saturated rings. The van der Waals surface area contributed by atoms with E-state index in [2.05, 4.69) is 5.32 Å². The number of anilines is 1. The molecule has 1 aromatic rings. The van der Waals surface area contributed by atoms with Crippen molar-refractivity contribution in [3.8, 4) is 0 Å². The van der Waals surface area contributed by atoms with Gasteiger partial charge in [-0.05, 0) is 37.3 Å². The van der Waals surface area contributed by atoms with Crippen molar-refractivity contribution >= 4 is 41.1 Å². The van der Waals surface area contributed by atoms with Gasteiger partial charge in [-0.15, -0.1) is 11.8 Å². The summed E-state index contributed by atoms with van der Waals surface area (Å²) in [5.74, 6) is -2.42. The van der Waals surface area contributed by atoms with E-state index in [1.165, 1.54) is 0 Å². The molecule has 1 heterocycles. The summed E-state index contributed by atoms with van der Waals surface area (Å²) in [6.07, 6.45) is 5.17. The Labute approximate surface area is 161 Å². The van der Waals surface area contributed by atoms with Crippen LogP contribution in [0.4, 0.5) is 5.69 Å². The van der Waals surface area contributed by atoms with Crippen LogP contribution in [0, 0.1) is 11.8 Å².